The van der Waals surface area contributed by atoms with Crippen LogP contribution in [0.2, 0.25) is 0 Å². The maximum atomic E-state index is 12.4. The van der Waals surface area contributed by atoms with Crippen molar-refractivity contribution in [3.8, 4) is 5.75 Å². The number of ether oxygens (including phenoxy) is 1. The lowest BCUT2D eigenvalue weighted by Gasteiger charge is -2.27. The van der Waals surface area contributed by atoms with Gasteiger partial charge in [-0.2, -0.15) is 0 Å². The lowest BCUT2D eigenvalue weighted by Crippen LogP contribution is -2.34. The second kappa shape index (κ2) is 8.34. The monoisotopic (exact) mass is 328 g/mol. The van der Waals surface area contributed by atoms with Crippen LogP contribution in [0.1, 0.15) is 31.2 Å². The molecule has 1 aromatic rings. The summed E-state index contributed by atoms with van der Waals surface area (Å²) in [7, 11) is 1.67. The highest BCUT2D eigenvalue weighted by Crippen LogP contribution is 2.20. The molecule has 1 amide bonds. The fourth-order valence-electron chi connectivity index (χ4n) is 3.60. The van der Waals surface area contributed by atoms with Crippen LogP contribution in [0.15, 0.2) is 36.4 Å². The number of hydrogen-bond acceptors (Lipinski definition) is 3. The van der Waals surface area contributed by atoms with Crippen LogP contribution in [0.3, 0.4) is 0 Å². The second-order valence-corrected chi connectivity index (χ2v) is 6.86. The molecule has 4 nitrogen and oxygen atoms in total. The Morgan fingerprint density at radius 1 is 1.12 bits per heavy atom. The lowest BCUT2D eigenvalue weighted by molar-refractivity contribution is -0.130. The summed E-state index contributed by atoms with van der Waals surface area (Å²) in [5.41, 5.74) is 1.16. The van der Waals surface area contributed by atoms with E-state index < -0.39 is 0 Å². The highest BCUT2D eigenvalue weighted by Gasteiger charge is 2.23. The van der Waals surface area contributed by atoms with Gasteiger partial charge in [0.15, 0.2) is 0 Å². The van der Waals surface area contributed by atoms with Crippen LogP contribution in [0.4, 0.5) is 0 Å². The molecule has 0 bridgehead atoms. The molecule has 0 saturated carbocycles. The van der Waals surface area contributed by atoms with Crippen LogP contribution in [-0.4, -0.2) is 49.0 Å². The zero-order valence-corrected chi connectivity index (χ0v) is 14.6. The summed E-state index contributed by atoms with van der Waals surface area (Å²) >= 11 is 0. The van der Waals surface area contributed by atoms with Crippen molar-refractivity contribution in [2.45, 2.75) is 32.2 Å². The van der Waals surface area contributed by atoms with Crippen LogP contribution in [0.25, 0.3) is 0 Å². The van der Waals surface area contributed by atoms with Gasteiger partial charge < -0.3 is 14.5 Å². The van der Waals surface area contributed by atoms with Gasteiger partial charge in [-0.3, -0.25) is 4.79 Å². The van der Waals surface area contributed by atoms with Crippen molar-refractivity contribution in [1.82, 2.24) is 9.80 Å². The van der Waals surface area contributed by atoms with Crippen molar-refractivity contribution < 1.29 is 9.53 Å². The molecule has 1 aliphatic carbocycles. The Hall–Kier alpha value is -1.81. The van der Waals surface area contributed by atoms with Gasteiger partial charge in [-0.15, -0.1) is 0 Å². The third kappa shape index (κ3) is 4.60. The first-order chi connectivity index (χ1) is 11.7. The summed E-state index contributed by atoms with van der Waals surface area (Å²) in [6, 6.07) is 8.01. The Bertz CT molecular complexity index is 568. The number of hydrogen-bond donors (Lipinski definition) is 0. The van der Waals surface area contributed by atoms with Crippen LogP contribution in [-0.2, 0) is 11.3 Å². The topological polar surface area (TPSA) is 32.8 Å². The second-order valence-electron chi connectivity index (χ2n) is 6.86. The number of nitrogens with zero attached hydrogens (tertiary/aromatic N) is 2. The summed E-state index contributed by atoms with van der Waals surface area (Å²) in [6.07, 6.45) is 8.93. The largest absolute Gasteiger partial charge is 0.497 e. The minimum Gasteiger partial charge on any atom is -0.497 e. The molecule has 130 valence electrons. The Morgan fingerprint density at radius 2 is 1.96 bits per heavy atom. The molecule has 1 atom stereocenters. The Labute approximate surface area is 145 Å². The van der Waals surface area contributed by atoms with Crippen molar-refractivity contribution in [1.29, 1.82) is 0 Å². The highest BCUT2D eigenvalue weighted by molar-refractivity contribution is 5.76. The van der Waals surface area contributed by atoms with E-state index in [4.69, 9.17) is 4.74 Å². The standard InChI is InChI=1S/C20H28N2O2/c1-24-19-9-7-18(8-10-19)16-22-14-13-21(12-11-20(22)23)15-17-5-3-2-4-6-17/h2-3,7-10,17H,4-6,11-16H2,1H3/t17-/m0/s1. The fraction of sp³-hybridized carbons (Fsp3) is 0.550. The molecule has 1 heterocycles. The van der Waals surface area contributed by atoms with E-state index in [9.17, 15) is 4.79 Å². The predicted octanol–water partition coefficient (Wildman–Crippen LogP) is 3.09. The third-order valence-corrected chi connectivity index (χ3v) is 5.11. The van der Waals surface area contributed by atoms with Crippen LogP contribution in [0, 0.1) is 5.92 Å². The molecule has 1 aromatic carbocycles. The summed E-state index contributed by atoms with van der Waals surface area (Å²) in [4.78, 5) is 16.9. The number of amides is 1. The van der Waals surface area contributed by atoms with Gasteiger partial charge in [-0.25, -0.2) is 0 Å². The van der Waals surface area contributed by atoms with Crippen LogP contribution < -0.4 is 4.74 Å². The van der Waals surface area contributed by atoms with Gasteiger partial charge in [0, 0.05) is 39.1 Å². The summed E-state index contributed by atoms with van der Waals surface area (Å²) in [6.45, 7) is 4.55. The molecular formula is C20H28N2O2. The van der Waals surface area contributed by atoms with Gasteiger partial charge >= 0.3 is 0 Å². The molecular weight excluding hydrogens is 300 g/mol. The molecule has 4 heteroatoms. The average molecular weight is 328 g/mol. The van der Waals surface area contributed by atoms with Crippen molar-refractivity contribution in [3.63, 3.8) is 0 Å². The van der Waals surface area contributed by atoms with E-state index in [2.05, 4.69) is 17.1 Å². The number of carbonyl (C=O) groups is 1. The Kier molecular flexibility index (Phi) is 5.91. The van der Waals surface area contributed by atoms with E-state index >= 15 is 0 Å². The van der Waals surface area contributed by atoms with Gasteiger partial charge in [-0.1, -0.05) is 24.3 Å². The average Bonchev–Trinajstić information content (AvgIpc) is 2.79. The number of carbonyl (C=O) groups excluding carboxylic acids is 1. The third-order valence-electron chi connectivity index (χ3n) is 5.11. The molecule has 0 unspecified atom stereocenters. The molecule has 0 spiro atoms. The van der Waals surface area contributed by atoms with Crippen molar-refractivity contribution in [3.05, 3.63) is 42.0 Å². The number of rotatable bonds is 5. The summed E-state index contributed by atoms with van der Waals surface area (Å²) < 4.78 is 5.19. The van der Waals surface area contributed by atoms with E-state index in [0.29, 0.717) is 13.0 Å². The summed E-state index contributed by atoms with van der Waals surface area (Å²) in [5.74, 6) is 1.89. The maximum Gasteiger partial charge on any atom is 0.224 e. The normalized spacial score (nSPS) is 22.5. The zero-order chi connectivity index (χ0) is 16.8. The predicted molar refractivity (Wildman–Crippen MR) is 95.9 cm³/mol. The van der Waals surface area contributed by atoms with E-state index in [-0.39, 0.29) is 5.91 Å². The minimum absolute atomic E-state index is 0.275. The smallest absolute Gasteiger partial charge is 0.224 e. The molecule has 24 heavy (non-hydrogen) atoms. The van der Waals surface area contributed by atoms with Crippen molar-refractivity contribution >= 4 is 5.91 Å². The van der Waals surface area contributed by atoms with Gasteiger partial charge in [0.05, 0.1) is 7.11 Å². The Morgan fingerprint density at radius 3 is 2.67 bits per heavy atom. The van der Waals surface area contributed by atoms with Gasteiger partial charge in [-0.05, 0) is 42.9 Å². The molecule has 2 aliphatic rings. The van der Waals surface area contributed by atoms with E-state index in [1.807, 2.05) is 29.2 Å². The first-order valence-corrected chi connectivity index (χ1v) is 9.02. The van der Waals surface area contributed by atoms with Crippen molar-refractivity contribution in [2.24, 2.45) is 5.92 Å². The zero-order valence-electron chi connectivity index (χ0n) is 14.6. The first-order valence-electron chi connectivity index (χ1n) is 9.02. The molecule has 1 fully saturated rings. The highest BCUT2D eigenvalue weighted by atomic mass is 16.5. The van der Waals surface area contributed by atoms with E-state index in [0.717, 1.165) is 43.4 Å². The molecule has 0 N–H and O–H groups in total. The van der Waals surface area contributed by atoms with Crippen molar-refractivity contribution in [2.75, 3.05) is 33.3 Å². The summed E-state index contributed by atoms with van der Waals surface area (Å²) in [5, 5.41) is 0. The van der Waals surface area contributed by atoms with E-state index in [1.54, 1.807) is 7.11 Å². The van der Waals surface area contributed by atoms with Gasteiger partial charge in [0.1, 0.15) is 5.75 Å². The van der Waals surface area contributed by atoms with Gasteiger partial charge in [0.25, 0.3) is 0 Å². The SMILES string of the molecule is COc1ccc(CN2CCN(C[C@H]3CC=CCC3)CCC2=O)cc1. The maximum absolute atomic E-state index is 12.4. The number of benzene rings is 1. The number of methoxy groups -OCH3 is 1. The molecule has 0 radical (unpaired) electrons. The molecule has 1 saturated heterocycles. The first kappa shape index (κ1) is 17.0. The number of allylic oxidation sites excluding steroid dienone is 2. The van der Waals surface area contributed by atoms with E-state index in [1.165, 1.54) is 19.3 Å². The van der Waals surface area contributed by atoms with Crippen LogP contribution in [0.5, 0.6) is 5.75 Å². The van der Waals surface area contributed by atoms with Crippen LogP contribution >= 0.6 is 0 Å². The molecule has 3 rings (SSSR count). The molecule has 0 aromatic heterocycles. The Balaban J connectivity index is 1.53. The quantitative estimate of drug-likeness (QED) is 0.779. The lowest BCUT2D eigenvalue weighted by atomic mass is 9.94. The molecule has 1 aliphatic heterocycles. The van der Waals surface area contributed by atoms with Gasteiger partial charge in [0.2, 0.25) is 5.91 Å². The fourth-order valence-corrected chi connectivity index (χ4v) is 3.60. The minimum atomic E-state index is 0.275.